The number of nitrogens with one attached hydrogen (secondary N) is 2. The molecule has 0 radical (unpaired) electrons. The van der Waals surface area contributed by atoms with Gasteiger partial charge in [0.25, 0.3) is 0 Å². The number of carbonyl (C=O) groups is 2. The van der Waals surface area contributed by atoms with Crippen LogP contribution in [0.4, 0.5) is 4.79 Å². The highest BCUT2D eigenvalue weighted by Gasteiger charge is 2.39. The van der Waals surface area contributed by atoms with Crippen molar-refractivity contribution in [3.05, 3.63) is 42.1 Å². The third-order valence-electron chi connectivity index (χ3n) is 3.43. The molecule has 25 heavy (non-hydrogen) atoms. The molecule has 6 nitrogen and oxygen atoms in total. The molecule has 2 rings (SSSR count). The summed E-state index contributed by atoms with van der Waals surface area (Å²) in [5.41, 5.74) is 0.864. The number of esters is 1. The van der Waals surface area contributed by atoms with E-state index in [0.717, 1.165) is 0 Å². The van der Waals surface area contributed by atoms with Crippen LogP contribution in [0.3, 0.4) is 0 Å². The molecule has 9 heteroatoms. The molecule has 1 saturated heterocycles. The van der Waals surface area contributed by atoms with Gasteiger partial charge < -0.3 is 20.1 Å². The van der Waals surface area contributed by atoms with Crippen LogP contribution < -0.4 is 15.4 Å². The van der Waals surface area contributed by atoms with Crippen LogP contribution in [-0.4, -0.2) is 29.0 Å². The van der Waals surface area contributed by atoms with Gasteiger partial charge in [-0.3, -0.25) is 4.79 Å². The van der Waals surface area contributed by atoms with Crippen LogP contribution in [0.2, 0.25) is 0 Å². The Morgan fingerprint density at radius 1 is 1.36 bits per heavy atom. The Kier molecular flexibility index (Phi) is 6.43. The zero-order valence-corrected chi connectivity index (χ0v) is 15.6. The molecule has 0 spiro atoms. The maximum absolute atomic E-state index is 12.5. The van der Waals surface area contributed by atoms with Crippen molar-refractivity contribution < 1.29 is 19.1 Å². The van der Waals surface area contributed by atoms with Gasteiger partial charge in [-0.2, -0.15) is 0 Å². The lowest BCUT2D eigenvalue weighted by Crippen LogP contribution is -2.51. The van der Waals surface area contributed by atoms with Gasteiger partial charge in [0.15, 0.2) is 0 Å². The molecule has 0 bridgehead atoms. The van der Waals surface area contributed by atoms with Gasteiger partial charge in [0.1, 0.15) is 18.3 Å². The molecule has 1 fully saturated rings. The van der Waals surface area contributed by atoms with Crippen LogP contribution in [0.15, 0.2) is 36.5 Å². The molecular formula is C16H17Cl3N2O4. The summed E-state index contributed by atoms with van der Waals surface area (Å²) < 4.78 is 8.79. The zero-order chi connectivity index (χ0) is 18.6. The third kappa shape index (κ3) is 5.42. The summed E-state index contributed by atoms with van der Waals surface area (Å²) in [7, 11) is 0. The number of urea groups is 1. The molecule has 1 aliphatic rings. The Morgan fingerprint density at radius 2 is 2.08 bits per heavy atom. The highest BCUT2D eigenvalue weighted by molar-refractivity contribution is 6.67. The maximum Gasteiger partial charge on any atom is 0.319 e. The lowest BCUT2D eigenvalue weighted by molar-refractivity contribution is -0.148. The second-order valence-corrected chi connectivity index (χ2v) is 7.82. The number of alkyl halides is 3. The fourth-order valence-electron chi connectivity index (χ4n) is 2.45. The predicted molar refractivity (Wildman–Crippen MR) is 95.9 cm³/mol. The summed E-state index contributed by atoms with van der Waals surface area (Å²) in [6, 6.07) is 5.89. The van der Waals surface area contributed by atoms with Crippen LogP contribution in [0, 0.1) is 5.92 Å². The van der Waals surface area contributed by atoms with E-state index < -0.39 is 34.4 Å². The van der Waals surface area contributed by atoms with Crippen LogP contribution in [0.1, 0.15) is 18.5 Å². The van der Waals surface area contributed by atoms with Crippen molar-refractivity contribution in [2.24, 2.45) is 5.92 Å². The molecule has 1 heterocycles. The Balaban J connectivity index is 2.27. The van der Waals surface area contributed by atoms with E-state index in [-0.39, 0.29) is 5.70 Å². The van der Waals surface area contributed by atoms with E-state index in [1.165, 1.54) is 0 Å². The summed E-state index contributed by atoms with van der Waals surface area (Å²) in [5.74, 6) is -0.940. The highest BCUT2D eigenvalue weighted by atomic mass is 35.6. The first-order chi connectivity index (χ1) is 11.7. The van der Waals surface area contributed by atoms with E-state index >= 15 is 0 Å². The van der Waals surface area contributed by atoms with Crippen molar-refractivity contribution in [2.45, 2.75) is 16.8 Å². The topological polar surface area (TPSA) is 76.7 Å². The smallest absolute Gasteiger partial charge is 0.319 e. The number of carbonyl (C=O) groups excluding carboxylic acids is 2. The van der Waals surface area contributed by atoms with E-state index in [2.05, 4.69) is 17.2 Å². The van der Waals surface area contributed by atoms with Crippen molar-refractivity contribution in [1.82, 2.24) is 10.6 Å². The van der Waals surface area contributed by atoms with Gasteiger partial charge >= 0.3 is 12.0 Å². The van der Waals surface area contributed by atoms with E-state index in [1.807, 2.05) is 6.92 Å². The van der Waals surface area contributed by atoms with Gasteiger partial charge in [-0.05, 0) is 24.6 Å². The van der Waals surface area contributed by atoms with Crippen molar-refractivity contribution in [3.8, 4) is 5.75 Å². The second-order valence-electron chi connectivity index (χ2n) is 5.31. The summed E-state index contributed by atoms with van der Waals surface area (Å²) in [5, 5.41) is 5.17. The molecule has 1 aromatic rings. The fourth-order valence-corrected chi connectivity index (χ4v) is 2.61. The van der Waals surface area contributed by atoms with E-state index in [9.17, 15) is 9.59 Å². The molecular weight excluding hydrogens is 391 g/mol. The Hall–Kier alpha value is -1.63. The molecule has 1 aliphatic heterocycles. The Morgan fingerprint density at radius 3 is 2.72 bits per heavy atom. The first kappa shape index (κ1) is 19.7. The second kappa shape index (κ2) is 8.17. The van der Waals surface area contributed by atoms with Gasteiger partial charge in [0, 0.05) is 5.70 Å². The normalized spacial score (nSPS) is 20.5. The minimum absolute atomic E-state index is 0.199. The highest BCUT2D eigenvalue weighted by Crippen LogP contribution is 2.33. The average Bonchev–Trinajstić information content (AvgIpc) is 2.52. The number of amides is 2. The minimum atomic E-state index is -1.73. The standard InChI is InChI=1S/C16H17Cl3N2O4/c1-3-24-11-6-4-5-10(7-11)13-12(9(2)20-15(23)21-13)14(22)25-8-16(17,18)19/h4-7,12-13H,2-3,8H2,1H3,(H2,20,21,23). The average molecular weight is 408 g/mol. The van der Waals surface area contributed by atoms with Gasteiger partial charge in [-0.25, -0.2) is 4.79 Å². The van der Waals surface area contributed by atoms with Crippen molar-refractivity contribution in [3.63, 3.8) is 0 Å². The van der Waals surface area contributed by atoms with Crippen molar-refractivity contribution in [2.75, 3.05) is 13.2 Å². The number of halogens is 3. The quantitative estimate of drug-likeness (QED) is 0.579. The predicted octanol–water partition coefficient (Wildman–Crippen LogP) is 3.48. The number of hydrogen-bond acceptors (Lipinski definition) is 4. The summed E-state index contributed by atoms with van der Waals surface area (Å²) >= 11 is 16.8. The van der Waals surface area contributed by atoms with Gasteiger partial charge in [-0.1, -0.05) is 53.5 Å². The fraction of sp³-hybridized carbons (Fsp3) is 0.375. The minimum Gasteiger partial charge on any atom is -0.494 e. The first-order valence-electron chi connectivity index (χ1n) is 7.43. The summed E-state index contributed by atoms with van der Waals surface area (Å²) in [6.45, 7) is 5.67. The first-order valence-corrected chi connectivity index (χ1v) is 8.57. The van der Waals surface area contributed by atoms with Gasteiger partial charge in [-0.15, -0.1) is 0 Å². The SMILES string of the molecule is C=C1NC(=O)NC(c2cccc(OCC)c2)C1C(=O)OCC(Cl)(Cl)Cl. The molecule has 2 unspecified atom stereocenters. The van der Waals surface area contributed by atoms with Crippen LogP contribution in [0.5, 0.6) is 5.75 Å². The molecule has 1 aromatic carbocycles. The monoisotopic (exact) mass is 406 g/mol. The number of ether oxygens (including phenoxy) is 2. The van der Waals surface area contributed by atoms with Crippen LogP contribution >= 0.6 is 34.8 Å². The van der Waals surface area contributed by atoms with Crippen LogP contribution in [-0.2, 0) is 9.53 Å². The van der Waals surface area contributed by atoms with E-state index in [1.54, 1.807) is 24.3 Å². The zero-order valence-electron chi connectivity index (χ0n) is 13.4. The van der Waals surface area contributed by atoms with E-state index in [4.69, 9.17) is 44.3 Å². The molecule has 2 N–H and O–H groups in total. The molecule has 2 amide bonds. The number of hydrogen-bond donors (Lipinski definition) is 2. The Bertz CT molecular complexity index is 676. The maximum atomic E-state index is 12.5. The molecule has 2 atom stereocenters. The largest absolute Gasteiger partial charge is 0.494 e. The lowest BCUT2D eigenvalue weighted by atomic mass is 9.89. The van der Waals surface area contributed by atoms with E-state index in [0.29, 0.717) is 17.9 Å². The Labute approximate surface area is 160 Å². The molecule has 0 aliphatic carbocycles. The van der Waals surface area contributed by atoms with Crippen molar-refractivity contribution in [1.29, 1.82) is 0 Å². The van der Waals surface area contributed by atoms with Crippen molar-refractivity contribution >= 4 is 46.8 Å². The third-order valence-corrected chi connectivity index (χ3v) is 3.76. The van der Waals surface area contributed by atoms with Gasteiger partial charge in [0.05, 0.1) is 12.6 Å². The summed E-state index contributed by atoms with van der Waals surface area (Å²) in [4.78, 5) is 24.3. The lowest BCUT2D eigenvalue weighted by Gasteiger charge is -2.33. The molecule has 0 aromatic heterocycles. The number of rotatable bonds is 5. The van der Waals surface area contributed by atoms with Crippen LogP contribution in [0.25, 0.3) is 0 Å². The molecule has 0 saturated carbocycles. The number of benzene rings is 1. The summed E-state index contributed by atoms with van der Waals surface area (Å²) in [6.07, 6.45) is 0. The molecule has 136 valence electrons. The van der Waals surface area contributed by atoms with Gasteiger partial charge in [0.2, 0.25) is 3.79 Å².